The predicted octanol–water partition coefficient (Wildman–Crippen LogP) is 11.2. The van der Waals surface area contributed by atoms with Gasteiger partial charge in [0, 0.05) is 54.2 Å². The van der Waals surface area contributed by atoms with E-state index in [-0.39, 0.29) is 18.4 Å². The van der Waals surface area contributed by atoms with Gasteiger partial charge in [-0.3, -0.25) is 0 Å². The summed E-state index contributed by atoms with van der Waals surface area (Å²) in [7, 11) is -5.88. The third-order valence-electron chi connectivity index (χ3n) is 8.37. The van der Waals surface area contributed by atoms with E-state index in [0.29, 0.717) is 31.5 Å². The van der Waals surface area contributed by atoms with E-state index in [9.17, 15) is 18.5 Å². The molecule has 3 aromatic rings. The first kappa shape index (κ1) is 52.3. The van der Waals surface area contributed by atoms with Crippen molar-refractivity contribution in [2.45, 2.75) is 84.8 Å². The third-order valence-corrected chi connectivity index (χ3v) is 14.2. The number of thiazole rings is 1. The van der Waals surface area contributed by atoms with Gasteiger partial charge in [-0.2, -0.15) is 0 Å². The zero-order valence-corrected chi connectivity index (χ0v) is 40.9. The maximum absolute atomic E-state index is 12.7. The molecule has 1 heterocycles. The molecule has 0 fully saturated rings. The number of urea groups is 1. The lowest BCUT2D eigenvalue weighted by Gasteiger charge is -2.26. The fourth-order valence-corrected chi connectivity index (χ4v) is 8.66. The second-order valence-electron chi connectivity index (χ2n) is 16.6. The molecule has 0 radical (unpaired) electrons. The second kappa shape index (κ2) is 26.4. The molecule has 2 amide bonds. The van der Waals surface area contributed by atoms with Gasteiger partial charge in [0.15, 0.2) is 0 Å². The molecule has 0 aliphatic heterocycles. The van der Waals surface area contributed by atoms with Crippen LogP contribution in [0.2, 0.25) is 0 Å². The van der Waals surface area contributed by atoms with Crippen molar-refractivity contribution in [3.63, 3.8) is 0 Å². The number of aryl methyl sites for hydroxylation is 2. The van der Waals surface area contributed by atoms with Crippen molar-refractivity contribution in [1.29, 1.82) is 0 Å². The first-order chi connectivity index (χ1) is 25.9. The molecular formula is C42H73N4O5P3S2. The van der Waals surface area contributed by atoms with Crippen LogP contribution in [-0.4, -0.2) is 106 Å². The number of amides is 2. The Labute approximate surface area is 348 Å². The number of carbonyl (C=O) groups is 1. The number of ether oxygens (including phenoxy) is 1. The molecule has 0 bridgehead atoms. The lowest BCUT2D eigenvalue weighted by Crippen LogP contribution is -2.46. The number of thioether (sulfide) groups is 1. The lowest BCUT2D eigenvalue weighted by molar-refractivity contribution is 0.132. The summed E-state index contributed by atoms with van der Waals surface area (Å²) in [5.74, 6) is 1.80. The molecule has 0 saturated heterocycles. The minimum Gasteiger partial charge on any atom is -0.372 e. The highest BCUT2D eigenvalue weighted by atomic mass is 32.2. The number of nitrogens with zero attached hydrogens (tertiary/aromatic N) is 2. The molecule has 3 rings (SSSR count). The maximum Gasteiger partial charge on any atom is 0.318 e. The van der Waals surface area contributed by atoms with Gasteiger partial charge >= 0.3 is 6.03 Å². The fraction of sp³-hybridized carbons (Fsp3) is 0.619. The van der Waals surface area contributed by atoms with Crippen LogP contribution in [0.4, 0.5) is 4.79 Å². The van der Waals surface area contributed by atoms with Crippen LogP contribution in [-0.2, 0) is 31.5 Å². The van der Waals surface area contributed by atoms with Crippen LogP contribution in [0.25, 0.3) is 0 Å². The van der Waals surface area contributed by atoms with Gasteiger partial charge in [-0.05, 0) is 96.5 Å². The Hall–Kier alpha value is -1.70. The van der Waals surface area contributed by atoms with Crippen molar-refractivity contribution >= 4 is 50.6 Å². The molecule has 2 aromatic carbocycles. The Morgan fingerprint density at radius 2 is 1.41 bits per heavy atom. The number of carbonyl (C=O) groups excluding carboxylic acids is 1. The zero-order chi connectivity index (χ0) is 42.5. The average Bonchev–Trinajstić information content (AvgIpc) is 3.56. The highest BCUT2D eigenvalue weighted by Crippen LogP contribution is 2.37. The van der Waals surface area contributed by atoms with Gasteiger partial charge in [0.2, 0.25) is 0 Å². The predicted molar refractivity (Wildman–Crippen MR) is 248 cm³/mol. The van der Waals surface area contributed by atoms with Crippen molar-refractivity contribution in [1.82, 2.24) is 20.5 Å². The van der Waals surface area contributed by atoms with E-state index in [1.807, 2.05) is 50.7 Å². The maximum atomic E-state index is 12.7. The van der Waals surface area contributed by atoms with E-state index < -0.39 is 21.4 Å². The van der Waals surface area contributed by atoms with Gasteiger partial charge in [0.1, 0.15) is 7.14 Å². The highest BCUT2D eigenvalue weighted by molar-refractivity contribution is 7.99. The molecule has 0 saturated carbocycles. The number of hydrogen-bond acceptors (Lipinski definition) is 9. The van der Waals surface area contributed by atoms with Crippen LogP contribution in [0.15, 0.2) is 58.8 Å². The van der Waals surface area contributed by atoms with Crippen LogP contribution in [0.1, 0.15) is 74.3 Å². The van der Waals surface area contributed by atoms with Crippen molar-refractivity contribution in [3.8, 4) is 0 Å². The topological polar surface area (TPSA) is 118 Å². The standard InChI is InChI=1S/C18H34N3O3PS.C12H20NOP.C12H19OPS/c1-13(2)15(5)19-18(22)21(8-9-24-12-25(6,7)23)10-16-11-26-17(20-16)14(3)4;1-11-4-6-12(7-5-11)10-13-8-9-15(2,3)14;1-11-5-7-12(8-6-11)15-10-4-9-14(2,3)13/h11,13-15H,8-10,12H2,1-7H3,(H,19,22);4-7,13H,8-10H2,1-3H3;5-8H,4,9-10H2,1-3H3/t15-;;/m1../s1. The molecule has 14 heteroatoms. The summed E-state index contributed by atoms with van der Waals surface area (Å²) >= 11 is 3.47. The number of aromatic nitrogens is 1. The summed E-state index contributed by atoms with van der Waals surface area (Å²) in [6, 6.07) is 17.0. The molecule has 56 heavy (non-hydrogen) atoms. The summed E-state index contributed by atoms with van der Waals surface area (Å²) in [6.07, 6.45) is 2.92. The first-order valence-corrected chi connectivity index (χ1v) is 29.8. The third kappa shape index (κ3) is 27.1. The van der Waals surface area contributed by atoms with Crippen molar-refractivity contribution in [2.75, 3.05) is 84.1 Å². The van der Waals surface area contributed by atoms with Crippen LogP contribution in [0.5, 0.6) is 0 Å². The Balaban J connectivity index is 0.000000448. The Morgan fingerprint density at radius 3 is 1.91 bits per heavy atom. The van der Waals surface area contributed by atoms with Crippen molar-refractivity contribution in [2.24, 2.45) is 5.92 Å². The molecule has 1 aromatic heterocycles. The van der Waals surface area contributed by atoms with E-state index in [2.05, 4.69) is 106 Å². The molecule has 0 aliphatic carbocycles. The van der Waals surface area contributed by atoms with Crippen LogP contribution >= 0.6 is 44.5 Å². The summed E-state index contributed by atoms with van der Waals surface area (Å²) < 4.78 is 40.1. The van der Waals surface area contributed by atoms with Gasteiger partial charge in [0.25, 0.3) is 0 Å². The van der Waals surface area contributed by atoms with Gasteiger partial charge in [-0.1, -0.05) is 75.2 Å². The zero-order valence-electron chi connectivity index (χ0n) is 36.6. The van der Waals surface area contributed by atoms with E-state index in [4.69, 9.17) is 4.74 Å². The fourth-order valence-electron chi connectivity index (χ4n) is 4.58. The first-order valence-electron chi connectivity index (χ1n) is 19.6. The number of nitrogens with one attached hydrogen (secondary N) is 2. The van der Waals surface area contributed by atoms with Gasteiger partial charge < -0.3 is 34.0 Å². The van der Waals surface area contributed by atoms with Crippen molar-refractivity contribution < 1.29 is 23.2 Å². The SMILES string of the molecule is CC(C)c1nc(CN(CCOCP(C)(C)=O)C(=O)N[C@H](C)C(C)C)cs1.Cc1ccc(CNCCP(C)(C)=O)cc1.Cc1ccc(SCCCP(C)(C)=O)cc1. The number of benzene rings is 2. The van der Waals surface area contributed by atoms with Gasteiger partial charge in [0.05, 0.1) is 44.5 Å². The molecule has 9 nitrogen and oxygen atoms in total. The summed E-state index contributed by atoms with van der Waals surface area (Å²) in [4.78, 5) is 20.3. The summed E-state index contributed by atoms with van der Waals surface area (Å²) in [6.45, 7) is 28.3. The minimum absolute atomic E-state index is 0.0825. The largest absolute Gasteiger partial charge is 0.372 e. The smallest absolute Gasteiger partial charge is 0.318 e. The summed E-state index contributed by atoms with van der Waals surface area (Å²) in [5.41, 5.74) is 4.75. The Bertz CT molecular complexity index is 1610. The van der Waals surface area contributed by atoms with Crippen LogP contribution < -0.4 is 10.6 Å². The molecular weight excluding hydrogens is 798 g/mol. The minimum atomic E-state index is -2.21. The molecule has 0 aliphatic rings. The van der Waals surface area contributed by atoms with Crippen molar-refractivity contribution in [3.05, 3.63) is 81.3 Å². The molecule has 318 valence electrons. The Morgan fingerprint density at radius 1 is 0.839 bits per heavy atom. The Kier molecular flexibility index (Phi) is 24.7. The number of hydrogen-bond donors (Lipinski definition) is 2. The quantitative estimate of drug-likeness (QED) is 0.0655. The highest BCUT2D eigenvalue weighted by Gasteiger charge is 2.20. The van der Waals surface area contributed by atoms with Gasteiger partial charge in [-0.25, -0.2) is 9.78 Å². The van der Waals surface area contributed by atoms with Crippen LogP contribution in [0.3, 0.4) is 0 Å². The molecule has 0 unspecified atom stereocenters. The lowest BCUT2D eigenvalue weighted by atomic mass is 10.1. The van der Waals surface area contributed by atoms with E-state index in [0.717, 1.165) is 48.3 Å². The average molecular weight is 871 g/mol. The monoisotopic (exact) mass is 870 g/mol. The van der Waals surface area contributed by atoms with Gasteiger partial charge in [-0.15, -0.1) is 23.1 Å². The van der Waals surface area contributed by atoms with Crippen LogP contribution in [0, 0.1) is 19.8 Å². The van der Waals surface area contributed by atoms with E-state index >= 15 is 0 Å². The normalized spacial score (nSPS) is 12.4. The molecule has 1 atom stereocenters. The van der Waals surface area contributed by atoms with E-state index in [1.165, 1.54) is 21.6 Å². The number of rotatable bonds is 20. The van der Waals surface area contributed by atoms with E-state index in [1.54, 1.807) is 29.6 Å². The molecule has 0 spiro atoms. The molecule has 2 N–H and O–H groups in total. The second-order valence-corrected chi connectivity index (χ2v) is 29.3. The summed E-state index contributed by atoms with van der Waals surface area (Å²) in [5, 5.41) is 9.43.